The third kappa shape index (κ3) is 1.70. The second kappa shape index (κ2) is 3.19. The number of carbonyl (C=O) groups is 1. The molecule has 1 aliphatic rings. The summed E-state index contributed by atoms with van der Waals surface area (Å²) in [6.07, 6.45) is 0.795. The fourth-order valence-corrected chi connectivity index (χ4v) is 1.08. The van der Waals surface area contributed by atoms with E-state index in [9.17, 15) is 4.79 Å². The van der Waals surface area contributed by atoms with Crippen LogP contribution in [0.5, 0.6) is 0 Å². The summed E-state index contributed by atoms with van der Waals surface area (Å²) in [6, 6.07) is 0. The van der Waals surface area contributed by atoms with Gasteiger partial charge in [-0.25, -0.2) is 5.06 Å². The lowest BCUT2D eigenvalue weighted by atomic mass is 10.3. The monoisotopic (exact) mass is 159 g/mol. The van der Waals surface area contributed by atoms with E-state index >= 15 is 0 Å². The Labute approximate surface area is 65.7 Å². The normalized spacial score (nSPS) is 28.3. The molecule has 0 aromatic rings. The first-order valence-electron chi connectivity index (χ1n) is 3.63. The summed E-state index contributed by atoms with van der Waals surface area (Å²) in [4.78, 5) is 15.9. The fourth-order valence-electron chi connectivity index (χ4n) is 1.08. The van der Waals surface area contributed by atoms with Gasteiger partial charge < -0.3 is 5.11 Å². The van der Waals surface area contributed by atoms with E-state index in [4.69, 9.17) is 9.94 Å². The molecule has 11 heavy (non-hydrogen) atoms. The molecule has 64 valence electrons. The van der Waals surface area contributed by atoms with Gasteiger partial charge in [0.15, 0.2) is 0 Å². The lowest BCUT2D eigenvalue weighted by molar-refractivity contribution is -0.170. The van der Waals surface area contributed by atoms with Gasteiger partial charge in [-0.2, -0.15) is 0 Å². The Morgan fingerprint density at radius 2 is 2.45 bits per heavy atom. The molecule has 0 aromatic carbocycles. The Bertz CT molecular complexity index is 160. The maximum Gasteiger partial charge on any atom is 0.249 e. The molecule has 1 amide bonds. The number of amides is 1. The molecule has 0 spiro atoms. The number of aliphatic hydroxyl groups excluding tert-OH is 1. The maximum absolute atomic E-state index is 11.2. The predicted molar refractivity (Wildman–Crippen MR) is 38.5 cm³/mol. The van der Waals surface area contributed by atoms with Crippen LogP contribution in [0, 0.1) is 11.8 Å². The molecule has 0 saturated heterocycles. The Hall–Kier alpha value is -0.610. The van der Waals surface area contributed by atoms with E-state index in [1.54, 1.807) is 7.05 Å². The van der Waals surface area contributed by atoms with Crippen molar-refractivity contribution in [2.45, 2.75) is 6.42 Å². The van der Waals surface area contributed by atoms with Crippen LogP contribution in [0.15, 0.2) is 0 Å². The summed E-state index contributed by atoms with van der Waals surface area (Å²) in [6.45, 7) is 0.105. The second-order valence-corrected chi connectivity index (χ2v) is 2.80. The molecule has 1 saturated carbocycles. The van der Waals surface area contributed by atoms with Gasteiger partial charge in [0.2, 0.25) is 5.91 Å². The van der Waals surface area contributed by atoms with Crippen molar-refractivity contribution in [2.24, 2.45) is 11.8 Å². The molecule has 0 unspecified atom stereocenters. The standard InChI is InChI=1S/C7H13NO3/c1-8(11-2)7(10)6-3-5(6)4-9/h5-6,9H,3-4H2,1-2H3/t5-,6-/m0/s1. The van der Waals surface area contributed by atoms with E-state index in [1.807, 2.05) is 0 Å². The third-order valence-electron chi connectivity index (χ3n) is 2.06. The van der Waals surface area contributed by atoms with Crippen molar-refractivity contribution in [3.05, 3.63) is 0 Å². The van der Waals surface area contributed by atoms with Crippen LogP contribution in [0.4, 0.5) is 0 Å². The highest BCUT2D eigenvalue weighted by Crippen LogP contribution is 2.38. The van der Waals surface area contributed by atoms with Gasteiger partial charge >= 0.3 is 0 Å². The van der Waals surface area contributed by atoms with Gasteiger partial charge in [0.1, 0.15) is 0 Å². The van der Waals surface area contributed by atoms with Crippen LogP contribution in [-0.4, -0.2) is 36.8 Å². The largest absolute Gasteiger partial charge is 0.396 e. The number of hydrogen-bond donors (Lipinski definition) is 1. The van der Waals surface area contributed by atoms with Crippen molar-refractivity contribution in [3.8, 4) is 0 Å². The molecule has 0 aliphatic heterocycles. The van der Waals surface area contributed by atoms with E-state index < -0.39 is 0 Å². The van der Waals surface area contributed by atoms with Crippen LogP contribution in [0.25, 0.3) is 0 Å². The minimum absolute atomic E-state index is 0.00931. The third-order valence-corrected chi connectivity index (χ3v) is 2.06. The second-order valence-electron chi connectivity index (χ2n) is 2.80. The summed E-state index contributed by atoms with van der Waals surface area (Å²) in [5.74, 6) is 0.122. The lowest BCUT2D eigenvalue weighted by Crippen LogP contribution is -2.27. The molecule has 1 rings (SSSR count). The highest BCUT2D eigenvalue weighted by Gasteiger charge is 2.43. The van der Waals surface area contributed by atoms with Crippen LogP contribution in [-0.2, 0) is 9.63 Å². The molecule has 1 aliphatic carbocycles. The van der Waals surface area contributed by atoms with E-state index in [-0.39, 0.29) is 24.3 Å². The first-order valence-corrected chi connectivity index (χ1v) is 3.63. The first-order chi connectivity index (χ1) is 5.20. The Morgan fingerprint density at radius 1 is 1.82 bits per heavy atom. The molecule has 2 atom stereocenters. The summed E-state index contributed by atoms with van der Waals surface area (Å²) in [7, 11) is 3.03. The van der Waals surface area contributed by atoms with E-state index in [0.29, 0.717) is 0 Å². The maximum atomic E-state index is 11.2. The highest BCUT2D eigenvalue weighted by atomic mass is 16.7. The van der Waals surface area contributed by atoms with E-state index in [0.717, 1.165) is 6.42 Å². The van der Waals surface area contributed by atoms with Crippen molar-refractivity contribution in [3.63, 3.8) is 0 Å². The van der Waals surface area contributed by atoms with Crippen molar-refractivity contribution < 1.29 is 14.7 Å². The number of rotatable bonds is 3. The van der Waals surface area contributed by atoms with Gasteiger partial charge in [0.25, 0.3) is 0 Å². The molecule has 4 heteroatoms. The van der Waals surface area contributed by atoms with Crippen LogP contribution in [0.1, 0.15) is 6.42 Å². The molecule has 4 nitrogen and oxygen atoms in total. The minimum atomic E-state index is -0.0356. The number of hydroxylamine groups is 2. The zero-order valence-corrected chi connectivity index (χ0v) is 6.78. The predicted octanol–water partition coefficient (Wildman–Crippen LogP) is -0.365. The Morgan fingerprint density at radius 3 is 2.82 bits per heavy atom. The smallest absolute Gasteiger partial charge is 0.249 e. The average molecular weight is 159 g/mol. The number of carbonyl (C=O) groups excluding carboxylic acids is 1. The van der Waals surface area contributed by atoms with Crippen LogP contribution in [0.2, 0.25) is 0 Å². The van der Waals surface area contributed by atoms with E-state index in [2.05, 4.69) is 0 Å². The zero-order valence-electron chi connectivity index (χ0n) is 6.78. The molecule has 0 heterocycles. The van der Waals surface area contributed by atoms with Gasteiger partial charge in [-0.1, -0.05) is 0 Å². The minimum Gasteiger partial charge on any atom is -0.396 e. The molecular formula is C7H13NO3. The summed E-state index contributed by atoms with van der Waals surface area (Å²) >= 11 is 0. The molecule has 0 bridgehead atoms. The quantitative estimate of drug-likeness (QED) is 0.572. The highest BCUT2D eigenvalue weighted by molar-refractivity contribution is 5.80. The Kier molecular flexibility index (Phi) is 2.46. The van der Waals surface area contributed by atoms with Crippen molar-refractivity contribution in [1.82, 2.24) is 5.06 Å². The van der Waals surface area contributed by atoms with Gasteiger partial charge in [0.05, 0.1) is 7.11 Å². The molecular weight excluding hydrogens is 146 g/mol. The lowest BCUT2D eigenvalue weighted by Gasteiger charge is -2.12. The topological polar surface area (TPSA) is 49.8 Å². The molecule has 0 radical (unpaired) electrons. The molecule has 1 N–H and O–H groups in total. The molecule has 0 aromatic heterocycles. The zero-order chi connectivity index (χ0) is 8.43. The fraction of sp³-hybridized carbons (Fsp3) is 0.857. The summed E-state index contributed by atoms with van der Waals surface area (Å²) in [5.41, 5.74) is 0. The average Bonchev–Trinajstić information content (AvgIpc) is 2.80. The Balaban J connectivity index is 2.33. The van der Waals surface area contributed by atoms with Gasteiger partial charge in [-0.3, -0.25) is 9.63 Å². The number of hydrogen-bond acceptors (Lipinski definition) is 3. The molecule has 1 fully saturated rings. The number of nitrogens with zero attached hydrogens (tertiary/aromatic N) is 1. The van der Waals surface area contributed by atoms with Crippen LogP contribution < -0.4 is 0 Å². The van der Waals surface area contributed by atoms with E-state index in [1.165, 1.54) is 12.2 Å². The van der Waals surface area contributed by atoms with Gasteiger partial charge in [-0.05, 0) is 12.3 Å². The first kappa shape index (κ1) is 8.49. The van der Waals surface area contributed by atoms with Crippen LogP contribution in [0.3, 0.4) is 0 Å². The van der Waals surface area contributed by atoms with Crippen molar-refractivity contribution in [1.29, 1.82) is 0 Å². The van der Waals surface area contributed by atoms with Crippen molar-refractivity contribution in [2.75, 3.05) is 20.8 Å². The van der Waals surface area contributed by atoms with Gasteiger partial charge in [0, 0.05) is 19.6 Å². The SMILES string of the molecule is CON(C)C(=O)[C@H]1C[C@H]1CO. The van der Waals surface area contributed by atoms with Crippen LogP contribution >= 0.6 is 0 Å². The van der Waals surface area contributed by atoms with Gasteiger partial charge in [-0.15, -0.1) is 0 Å². The summed E-state index contributed by atoms with van der Waals surface area (Å²) < 4.78 is 0. The van der Waals surface area contributed by atoms with Crippen molar-refractivity contribution >= 4 is 5.91 Å². The number of aliphatic hydroxyl groups is 1. The summed E-state index contributed by atoms with van der Waals surface area (Å²) in [5, 5.41) is 9.88.